The fraction of sp³-hybridized carbons (Fsp3) is 0.870. The van der Waals surface area contributed by atoms with Gasteiger partial charge in [0.25, 0.3) is 0 Å². The summed E-state index contributed by atoms with van der Waals surface area (Å²) in [4.78, 5) is 32.4. The molecule has 1 aromatic carbocycles. The first kappa shape index (κ1) is 53.7. The maximum atomic E-state index is 11.3. The van der Waals surface area contributed by atoms with Crippen LogP contribution in [-0.4, -0.2) is 40.2 Å². The number of benzene rings is 1. The van der Waals surface area contributed by atoms with Gasteiger partial charge in [-0.1, -0.05) is 91.9 Å². The molecule has 0 saturated heterocycles. The van der Waals surface area contributed by atoms with E-state index in [0.29, 0.717) is 31.3 Å². The Balaban J connectivity index is 0.00000107. The Bertz CT molecular complexity index is 877. The number of rotatable bonds is 36. The molecule has 0 radical (unpaired) electrons. The van der Waals surface area contributed by atoms with Crippen LogP contribution in [0.3, 0.4) is 0 Å². The Morgan fingerprint density at radius 1 is 0.444 bits per heavy atom. The molecule has 0 atom stereocenters. The van der Waals surface area contributed by atoms with Crippen molar-refractivity contribution >= 4 is 15.9 Å². The molecule has 0 spiro atoms. The Morgan fingerprint density at radius 2 is 0.741 bits per heavy atom. The summed E-state index contributed by atoms with van der Waals surface area (Å²) in [5, 5.41) is 0. The van der Waals surface area contributed by atoms with Gasteiger partial charge in [0.15, 0.2) is 0 Å². The van der Waals surface area contributed by atoms with E-state index in [-0.39, 0.29) is 0 Å². The molecule has 0 aliphatic carbocycles. The Labute approximate surface area is 337 Å². The SMILES string of the molecule is CC(C)CCCCCCCOP(O)OCCCCCCCC(C)C.CC(C)CCCCCCCP(O)(O)(CCCCCCCC(C)C)Oc1ccccc1. The Hall–Kier alpha value is -0.320. The van der Waals surface area contributed by atoms with Crippen molar-refractivity contribution in [2.24, 2.45) is 23.7 Å². The van der Waals surface area contributed by atoms with Gasteiger partial charge in [0.05, 0.1) is 13.2 Å². The van der Waals surface area contributed by atoms with Crippen molar-refractivity contribution in [1.82, 2.24) is 0 Å². The van der Waals surface area contributed by atoms with Crippen LogP contribution >= 0.6 is 15.9 Å². The number of hydrogen-bond acceptors (Lipinski definition) is 6. The summed E-state index contributed by atoms with van der Waals surface area (Å²) in [6.07, 6.45) is 29.4. The first-order valence-electron chi connectivity index (χ1n) is 22.7. The third kappa shape index (κ3) is 37.3. The average Bonchev–Trinajstić information content (AvgIpc) is 3.10. The van der Waals surface area contributed by atoms with Gasteiger partial charge in [-0.3, -0.25) is 0 Å². The maximum absolute atomic E-state index is 11.3. The van der Waals surface area contributed by atoms with Crippen LogP contribution in [0.2, 0.25) is 0 Å². The number of hydrogen-bond donors (Lipinski definition) is 3. The molecule has 0 bridgehead atoms. The van der Waals surface area contributed by atoms with E-state index < -0.39 is 15.9 Å². The molecule has 54 heavy (non-hydrogen) atoms. The first-order valence-corrected chi connectivity index (χ1v) is 26.3. The molecule has 1 rings (SSSR count). The molecule has 0 unspecified atom stereocenters. The van der Waals surface area contributed by atoms with E-state index in [2.05, 4.69) is 55.4 Å². The van der Waals surface area contributed by atoms with Crippen LogP contribution in [0.25, 0.3) is 0 Å². The van der Waals surface area contributed by atoms with Crippen LogP contribution in [0.1, 0.15) is 209 Å². The predicted molar refractivity (Wildman–Crippen MR) is 239 cm³/mol. The molecule has 322 valence electrons. The van der Waals surface area contributed by atoms with Crippen LogP contribution < -0.4 is 4.52 Å². The zero-order valence-corrected chi connectivity index (χ0v) is 38.7. The van der Waals surface area contributed by atoms with E-state index in [4.69, 9.17) is 13.6 Å². The van der Waals surface area contributed by atoms with Gasteiger partial charge in [-0.05, 0) is 24.7 Å². The van der Waals surface area contributed by atoms with Crippen LogP contribution in [0.15, 0.2) is 30.3 Å². The normalized spacial score (nSPS) is 12.9. The monoisotopic (exact) mass is 803 g/mol. The zero-order valence-electron chi connectivity index (χ0n) is 37.0. The zero-order chi connectivity index (χ0) is 40.4. The van der Waals surface area contributed by atoms with Gasteiger partial charge in [0.2, 0.25) is 0 Å². The molecule has 0 aromatic heterocycles. The standard InChI is InChI=1S/C26H49O3P.C20H43O3P/c1-24(2)18-12-7-5-9-16-22-30(27,28,29-26-20-14-11-15-21-26)23-17-10-6-8-13-19-25(3)4;1-19(2)15-11-7-5-9-13-17-22-24(21)23-18-14-10-6-8-12-16-20(3)4/h11,14-15,20-21,24-25,27-28H,5-10,12-13,16-19,22-23H2,1-4H3;19-21H,5-18H2,1-4H3. The van der Waals surface area contributed by atoms with Crippen LogP contribution in [0, 0.1) is 23.7 Å². The molecule has 6 nitrogen and oxygen atoms in total. The minimum absolute atomic E-state index is 0.387. The molecular weight excluding hydrogens is 710 g/mol. The van der Waals surface area contributed by atoms with Crippen LogP contribution in [0.5, 0.6) is 5.75 Å². The summed E-state index contributed by atoms with van der Waals surface area (Å²) < 4.78 is 16.7. The quantitative estimate of drug-likeness (QED) is 0.0463. The molecule has 0 aliphatic rings. The van der Waals surface area contributed by atoms with Gasteiger partial charge in [0.1, 0.15) is 0 Å². The van der Waals surface area contributed by atoms with Crippen molar-refractivity contribution in [3.63, 3.8) is 0 Å². The van der Waals surface area contributed by atoms with Crippen molar-refractivity contribution in [2.75, 3.05) is 25.5 Å². The van der Waals surface area contributed by atoms with E-state index in [0.717, 1.165) is 62.2 Å². The fourth-order valence-corrected chi connectivity index (χ4v) is 10.0. The van der Waals surface area contributed by atoms with Gasteiger partial charge in [-0.15, -0.1) is 0 Å². The summed E-state index contributed by atoms with van der Waals surface area (Å²) in [5.41, 5.74) is 0. The van der Waals surface area contributed by atoms with Gasteiger partial charge in [-0.2, -0.15) is 0 Å². The molecule has 0 fully saturated rings. The van der Waals surface area contributed by atoms with E-state index in [1.54, 1.807) is 0 Å². The van der Waals surface area contributed by atoms with E-state index in [9.17, 15) is 14.7 Å². The van der Waals surface area contributed by atoms with Gasteiger partial charge in [-0.25, -0.2) is 0 Å². The second kappa shape index (κ2) is 34.7. The van der Waals surface area contributed by atoms with Crippen molar-refractivity contribution in [3.8, 4) is 5.75 Å². The van der Waals surface area contributed by atoms with E-state index >= 15 is 0 Å². The van der Waals surface area contributed by atoms with Gasteiger partial charge in [0, 0.05) is 0 Å². The molecule has 0 saturated carbocycles. The molecule has 8 heteroatoms. The summed E-state index contributed by atoms with van der Waals surface area (Å²) in [6.45, 7) is 19.5. The average molecular weight is 803 g/mol. The third-order valence-electron chi connectivity index (χ3n) is 10.1. The van der Waals surface area contributed by atoms with Gasteiger partial charge < -0.3 is 13.9 Å². The van der Waals surface area contributed by atoms with Crippen LogP contribution in [-0.2, 0) is 9.05 Å². The van der Waals surface area contributed by atoms with E-state index in [1.807, 2.05) is 30.3 Å². The van der Waals surface area contributed by atoms with Crippen molar-refractivity contribution < 1.29 is 28.3 Å². The second-order valence-electron chi connectivity index (χ2n) is 17.9. The molecule has 0 aliphatic heterocycles. The third-order valence-corrected chi connectivity index (χ3v) is 14.0. The Morgan fingerprint density at radius 3 is 1.07 bits per heavy atom. The first-order chi connectivity index (χ1) is 25.7. The van der Waals surface area contributed by atoms with E-state index in [1.165, 1.54) is 116 Å². The number of para-hydroxylation sites is 1. The van der Waals surface area contributed by atoms with Crippen molar-refractivity contribution in [3.05, 3.63) is 30.3 Å². The second-order valence-corrected chi connectivity index (χ2v) is 22.5. The predicted octanol–water partition coefficient (Wildman–Crippen LogP) is 15.6. The Kier molecular flexibility index (Phi) is 34.5. The summed E-state index contributed by atoms with van der Waals surface area (Å²) in [7, 11) is -5.80. The molecule has 3 N–H and O–H groups in total. The molecule has 0 amide bonds. The summed E-state index contributed by atoms with van der Waals surface area (Å²) >= 11 is 0. The minimum atomic E-state index is -4.15. The fourth-order valence-electron chi connectivity index (χ4n) is 6.65. The summed E-state index contributed by atoms with van der Waals surface area (Å²) in [6, 6.07) is 9.34. The summed E-state index contributed by atoms with van der Waals surface area (Å²) in [5.74, 6) is 3.76. The topological polar surface area (TPSA) is 88.4 Å². The molecule has 1 aromatic rings. The molecule has 0 heterocycles. The van der Waals surface area contributed by atoms with Crippen LogP contribution in [0.4, 0.5) is 0 Å². The molecular formula is C46H92O6P2. The number of unbranched alkanes of at least 4 members (excludes halogenated alkanes) is 16. The van der Waals surface area contributed by atoms with Crippen molar-refractivity contribution in [2.45, 2.75) is 209 Å². The van der Waals surface area contributed by atoms with Crippen molar-refractivity contribution in [1.29, 1.82) is 0 Å². The van der Waals surface area contributed by atoms with Gasteiger partial charge >= 0.3 is 195 Å².